The van der Waals surface area contributed by atoms with E-state index in [1.807, 2.05) is 13.8 Å². The molecule has 1 aromatic carbocycles. The van der Waals surface area contributed by atoms with Gasteiger partial charge >= 0.3 is 0 Å². The quantitative estimate of drug-likeness (QED) is 0.714. The fourth-order valence-corrected chi connectivity index (χ4v) is 1.68. The number of hydrogen-bond acceptors (Lipinski definition) is 1. The van der Waals surface area contributed by atoms with E-state index in [1.54, 1.807) is 12.1 Å². The molecule has 0 aliphatic rings. The summed E-state index contributed by atoms with van der Waals surface area (Å²) in [5, 5.41) is 0.955. The molecule has 0 aliphatic heterocycles. The van der Waals surface area contributed by atoms with Crippen LogP contribution in [0.15, 0.2) is 12.1 Å². The van der Waals surface area contributed by atoms with Gasteiger partial charge in [0.05, 0.1) is 10.0 Å². The van der Waals surface area contributed by atoms with Crippen molar-refractivity contribution < 1.29 is 4.79 Å². The van der Waals surface area contributed by atoms with Crippen LogP contribution in [0.1, 0.15) is 36.2 Å². The van der Waals surface area contributed by atoms with Gasteiger partial charge in [-0.15, -0.1) is 0 Å². The van der Waals surface area contributed by atoms with Crippen molar-refractivity contribution in [2.24, 2.45) is 0 Å². The fraction of sp³-hybridized carbons (Fsp3) is 0.364. The number of benzene rings is 1. The van der Waals surface area contributed by atoms with Gasteiger partial charge in [0, 0.05) is 12.0 Å². The first-order valence-corrected chi connectivity index (χ1v) is 5.36. The average Bonchev–Trinajstić information content (AvgIpc) is 2.20. The molecule has 1 rings (SSSR count). The summed E-state index contributed by atoms with van der Waals surface area (Å²) in [5.41, 5.74) is 1.66. The number of carbonyl (C=O) groups is 1. The highest BCUT2D eigenvalue weighted by molar-refractivity contribution is 6.42. The third kappa shape index (κ3) is 2.28. The van der Waals surface area contributed by atoms with Gasteiger partial charge in [0.2, 0.25) is 0 Å². The van der Waals surface area contributed by atoms with Crippen LogP contribution in [0.4, 0.5) is 0 Å². The molecule has 0 saturated heterocycles. The van der Waals surface area contributed by atoms with Gasteiger partial charge in [0.25, 0.3) is 0 Å². The number of Topliss-reactive ketones (excluding diaryl/α,β-unsaturated/α-hetero) is 1. The Bertz CT molecular complexity index is 359. The SMILES string of the molecule is CCC(=O)c1cc(Cl)c(Cl)cc1CC. The molecule has 0 amide bonds. The highest BCUT2D eigenvalue weighted by atomic mass is 35.5. The molecule has 0 atom stereocenters. The Labute approximate surface area is 94.0 Å². The molecule has 0 N–H and O–H groups in total. The number of halogens is 2. The van der Waals surface area contributed by atoms with Crippen LogP contribution in [0.25, 0.3) is 0 Å². The number of rotatable bonds is 3. The van der Waals surface area contributed by atoms with E-state index in [0.29, 0.717) is 22.0 Å². The summed E-state index contributed by atoms with van der Waals surface area (Å²) in [6.45, 7) is 3.83. The van der Waals surface area contributed by atoms with Crippen LogP contribution in [-0.4, -0.2) is 5.78 Å². The maximum atomic E-state index is 11.6. The van der Waals surface area contributed by atoms with Crippen molar-refractivity contribution in [2.45, 2.75) is 26.7 Å². The Morgan fingerprint density at radius 3 is 2.29 bits per heavy atom. The predicted molar refractivity (Wildman–Crippen MR) is 60.5 cm³/mol. The van der Waals surface area contributed by atoms with E-state index in [2.05, 4.69) is 0 Å². The molecule has 1 nitrogen and oxygen atoms in total. The minimum atomic E-state index is 0.111. The normalized spacial score (nSPS) is 10.3. The number of carbonyl (C=O) groups excluding carboxylic acids is 1. The lowest BCUT2D eigenvalue weighted by Crippen LogP contribution is -2.01. The second-order valence-corrected chi connectivity index (χ2v) is 3.87. The van der Waals surface area contributed by atoms with Crippen molar-refractivity contribution in [3.8, 4) is 0 Å². The van der Waals surface area contributed by atoms with E-state index in [0.717, 1.165) is 12.0 Å². The van der Waals surface area contributed by atoms with Crippen LogP contribution in [0.5, 0.6) is 0 Å². The molecule has 0 fully saturated rings. The first-order valence-electron chi connectivity index (χ1n) is 4.61. The molecular formula is C11H12Cl2O. The number of ketones is 1. The number of aryl methyl sites for hydroxylation is 1. The summed E-state index contributed by atoms with van der Waals surface area (Å²) in [7, 11) is 0. The Balaban J connectivity index is 3.27. The van der Waals surface area contributed by atoms with Crippen molar-refractivity contribution in [2.75, 3.05) is 0 Å². The zero-order valence-electron chi connectivity index (χ0n) is 8.23. The largest absolute Gasteiger partial charge is 0.294 e. The van der Waals surface area contributed by atoms with Crippen LogP contribution < -0.4 is 0 Å². The minimum Gasteiger partial charge on any atom is -0.294 e. The fourth-order valence-electron chi connectivity index (χ4n) is 1.33. The van der Waals surface area contributed by atoms with E-state index in [4.69, 9.17) is 23.2 Å². The maximum absolute atomic E-state index is 11.6. The first-order chi connectivity index (χ1) is 6.60. The Morgan fingerprint density at radius 2 is 1.79 bits per heavy atom. The summed E-state index contributed by atoms with van der Waals surface area (Å²) >= 11 is 11.7. The summed E-state index contributed by atoms with van der Waals surface area (Å²) in [5.74, 6) is 0.111. The molecule has 0 radical (unpaired) electrons. The molecule has 1 aromatic rings. The maximum Gasteiger partial charge on any atom is 0.162 e. The monoisotopic (exact) mass is 230 g/mol. The van der Waals surface area contributed by atoms with Crippen LogP contribution in [0.2, 0.25) is 10.0 Å². The predicted octanol–water partition coefficient (Wildman–Crippen LogP) is 4.15. The van der Waals surface area contributed by atoms with E-state index in [9.17, 15) is 4.79 Å². The second-order valence-electron chi connectivity index (χ2n) is 3.05. The zero-order chi connectivity index (χ0) is 10.7. The standard InChI is InChI=1S/C11H12Cl2O/c1-3-7-5-9(12)10(13)6-8(7)11(14)4-2/h5-6H,3-4H2,1-2H3. The van der Waals surface area contributed by atoms with Crippen molar-refractivity contribution >= 4 is 29.0 Å². The van der Waals surface area contributed by atoms with Gasteiger partial charge in [0.15, 0.2) is 5.78 Å². The van der Waals surface area contributed by atoms with Crippen molar-refractivity contribution in [3.05, 3.63) is 33.3 Å². The molecule has 3 heteroatoms. The summed E-state index contributed by atoms with van der Waals surface area (Å²) in [6.07, 6.45) is 1.28. The summed E-state index contributed by atoms with van der Waals surface area (Å²) in [6, 6.07) is 3.43. The van der Waals surface area contributed by atoms with Crippen LogP contribution in [0.3, 0.4) is 0 Å². The lowest BCUT2D eigenvalue weighted by atomic mass is 10.0. The number of hydrogen-bond donors (Lipinski definition) is 0. The molecule has 14 heavy (non-hydrogen) atoms. The average molecular weight is 231 g/mol. The highest BCUT2D eigenvalue weighted by Gasteiger charge is 2.11. The Hall–Kier alpha value is -0.530. The van der Waals surface area contributed by atoms with Gasteiger partial charge in [-0.2, -0.15) is 0 Å². The van der Waals surface area contributed by atoms with Gasteiger partial charge in [-0.3, -0.25) is 4.79 Å². The summed E-state index contributed by atoms with van der Waals surface area (Å²) < 4.78 is 0. The molecular weight excluding hydrogens is 219 g/mol. The third-order valence-corrected chi connectivity index (χ3v) is 2.87. The van der Waals surface area contributed by atoms with Gasteiger partial charge in [-0.1, -0.05) is 37.0 Å². The van der Waals surface area contributed by atoms with Crippen molar-refractivity contribution in [3.63, 3.8) is 0 Å². The second kappa shape index (κ2) is 4.81. The van der Waals surface area contributed by atoms with E-state index in [-0.39, 0.29) is 5.78 Å². The molecule has 0 aliphatic carbocycles. The zero-order valence-corrected chi connectivity index (χ0v) is 9.74. The minimum absolute atomic E-state index is 0.111. The smallest absolute Gasteiger partial charge is 0.162 e. The highest BCUT2D eigenvalue weighted by Crippen LogP contribution is 2.27. The lowest BCUT2D eigenvalue weighted by molar-refractivity contribution is 0.0987. The molecule has 0 saturated carbocycles. The van der Waals surface area contributed by atoms with Gasteiger partial charge in [-0.25, -0.2) is 0 Å². The topological polar surface area (TPSA) is 17.1 Å². The molecule has 0 aromatic heterocycles. The van der Waals surface area contributed by atoms with Crippen molar-refractivity contribution in [1.82, 2.24) is 0 Å². The molecule has 76 valence electrons. The molecule has 0 bridgehead atoms. The Kier molecular flexibility index (Phi) is 3.97. The summed E-state index contributed by atoms with van der Waals surface area (Å²) in [4.78, 5) is 11.6. The van der Waals surface area contributed by atoms with Crippen LogP contribution in [0, 0.1) is 0 Å². The van der Waals surface area contributed by atoms with Crippen molar-refractivity contribution in [1.29, 1.82) is 0 Å². The van der Waals surface area contributed by atoms with E-state index in [1.165, 1.54) is 0 Å². The van der Waals surface area contributed by atoms with E-state index < -0.39 is 0 Å². The first kappa shape index (κ1) is 11.5. The Morgan fingerprint density at radius 1 is 1.21 bits per heavy atom. The lowest BCUT2D eigenvalue weighted by Gasteiger charge is -2.07. The molecule has 0 unspecified atom stereocenters. The van der Waals surface area contributed by atoms with Crippen LogP contribution >= 0.6 is 23.2 Å². The third-order valence-electron chi connectivity index (χ3n) is 2.15. The van der Waals surface area contributed by atoms with Gasteiger partial charge in [0.1, 0.15) is 0 Å². The van der Waals surface area contributed by atoms with Gasteiger partial charge in [-0.05, 0) is 24.1 Å². The molecule has 0 heterocycles. The van der Waals surface area contributed by atoms with E-state index >= 15 is 0 Å². The van der Waals surface area contributed by atoms with Gasteiger partial charge < -0.3 is 0 Å². The van der Waals surface area contributed by atoms with Crippen LogP contribution in [-0.2, 0) is 6.42 Å². The molecule has 0 spiro atoms.